The van der Waals surface area contributed by atoms with E-state index in [9.17, 15) is 19.3 Å². The first-order chi connectivity index (χ1) is 7.34. The van der Waals surface area contributed by atoms with Crippen LogP contribution in [-0.2, 0) is 4.79 Å². The van der Waals surface area contributed by atoms with Crippen molar-refractivity contribution in [2.45, 2.75) is 6.10 Å². The fourth-order valence-corrected chi connectivity index (χ4v) is 1.54. The summed E-state index contributed by atoms with van der Waals surface area (Å²) in [6, 6.07) is 1.41. The molecule has 1 atom stereocenters. The Bertz CT molecular complexity index is 464. The molecule has 2 N–H and O–H groups in total. The maximum absolute atomic E-state index is 13.3. The Kier molecular flexibility index (Phi) is 3.55. The first-order valence-electron chi connectivity index (χ1n) is 3.88. The van der Waals surface area contributed by atoms with Gasteiger partial charge in [0.2, 0.25) is 0 Å². The van der Waals surface area contributed by atoms with Crippen LogP contribution in [0.5, 0.6) is 0 Å². The molecule has 0 bridgehead atoms. The number of carboxylic acid groups (broad SMARTS) is 1. The second kappa shape index (κ2) is 4.54. The largest absolute Gasteiger partial charge is 0.479 e. The monoisotopic (exact) mass is 293 g/mol. The van der Waals surface area contributed by atoms with Crippen molar-refractivity contribution in [3.63, 3.8) is 0 Å². The number of carbonyl (C=O) groups is 1. The highest BCUT2D eigenvalue weighted by Crippen LogP contribution is 2.30. The van der Waals surface area contributed by atoms with Crippen molar-refractivity contribution in [1.29, 1.82) is 0 Å². The average molecular weight is 294 g/mol. The van der Waals surface area contributed by atoms with E-state index in [-0.39, 0.29) is 4.47 Å². The summed E-state index contributed by atoms with van der Waals surface area (Å²) in [5.74, 6) is -2.79. The molecule has 0 amide bonds. The molecule has 1 unspecified atom stereocenters. The van der Waals surface area contributed by atoms with Gasteiger partial charge in [-0.15, -0.1) is 0 Å². The molecular formula is C8H5BrFNO5. The molecule has 1 rings (SSSR count). The van der Waals surface area contributed by atoms with Gasteiger partial charge in [-0.3, -0.25) is 10.1 Å². The normalized spacial score (nSPS) is 12.2. The topological polar surface area (TPSA) is 101 Å². The van der Waals surface area contributed by atoms with E-state index in [4.69, 9.17) is 10.2 Å². The first-order valence-corrected chi connectivity index (χ1v) is 4.68. The van der Waals surface area contributed by atoms with Crippen LogP contribution in [0, 0.1) is 15.9 Å². The van der Waals surface area contributed by atoms with Crippen molar-refractivity contribution in [1.82, 2.24) is 0 Å². The second-order valence-corrected chi connectivity index (χ2v) is 3.68. The first kappa shape index (κ1) is 12.5. The smallest absolute Gasteiger partial charge is 0.337 e. The number of aliphatic carboxylic acids is 1. The summed E-state index contributed by atoms with van der Waals surface area (Å²) in [5, 5.41) is 28.0. The summed E-state index contributed by atoms with van der Waals surface area (Å²) >= 11 is 2.79. The highest BCUT2D eigenvalue weighted by molar-refractivity contribution is 9.10. The van der Waals surface area contributed by atoms with Crippen LogP contribution in [-0.4, -0.2) is 21.1 Å². The van der Waals surface area contributed by atoms with E-state index >= 15 is 0 Å². The molecule has 0 heterocycles. The lowest BCUT2D eigenvalue weighted by Crippen LogP contribution is -2.12. The van der Waals surface area contributed by atoms with Crippen molar-refractivity contribution < 1.29 is 24.3 Å². The van der Waals surface area contributed by atoms with E-state index in [0.29, 0.717) is 6.07 Å². The quantitative estimate of drug-likeness (QED) is 0.651. The molecule has 0 aliphatic carbocycles. The van der Waals surface area contributed by atoms with Crippen molar-refractivity contribution in [2.75, 3.05) is 0 Å². The van der Waals surface area contributed by atoms with E-state index < -0.39 is 34.1 Å². The minimum absolute atomic E-state index is 0.103. The number of nitro groups is 1. The van der Waals surface area contributed by atoms with Gasteiger partial charge in [0.1, 0.15) is 5.82 Å². The number of benzene rings is 1. The molecule has 0 aliphatic rings. The molecule has 6 nitrogen and oxygen atoms in total. The molecule has 0 saturated carbocycles. The van der Waals surface area contributed by atoms with Gasteiger partial charge >= 0.3 is 5.97 Å². The van der Waals surface area contributed by atoms with Gasteiger partial charge in [-0.1, -0.05) is 0 Å². The molecule has 0 aliphatic heterocycles. The van der Waals surface area contributed by atoms with Gasteiger partial charge in [0.05, 0.1) is 15.5 Å². The molecule has 0 fully saturated rings. The molecule has 1 aromatic carbocycles. The number of halogens is 2. The summed E-state index contributed by atoms with van der Waals surface area (Å²) in [4.78, 5) is 20.0. The highest BCUT2D eigenvalue weighted by atomic mass is 79.9. The van der Waals surface area contributed by atoms with Crippen LogP contribution >= 0.6 is 15.9 Å². The number of aliphatic hydroxyl groups is 1. The van der Waals surface area contributed by atoms with Gasteiger partial charge in [-0.2, -0.15) is 0 Å². The summed E-state index contributed by atoms with van der Waals surface area (Å²) < 4.78 is 13.2. The zero-order valence-corrected chi connectivity index (χ0v) is 9.14. The van der Waals surface area contributed by atoms with Crippen LogP contribution < -0.4 is 0 Å². The van der Waals surface area contributed by atoms with Crippen LogP contribution in [0.4, 0.5) is 10.1 Å². The van der Waals surface area contributed by atoms with E-state index in [1.54, 1.807) is 0 Å². The Balaban J connectivity index is 3.31. The Hall–Kier alpha value is -1.54. The average Bonchev–Trinajstić information content (AvgIpc) is 2.19. The van der Waals surface area contributed by atoms with Crippen LogP contribution in [0.25, 0.3) is 0 Å². The molecule has 1 aromatic rings. The lowest BCUT2D eigenvalue weighted by Gasteiger charge is -2.07. The van der Waals surface area contributed by atoms with E-state index in [2.05, 4.69) is 15.9 Å². The van der Waals surface area contributed by atoms with Crippen LogP contribution in [0.1, 0.15) is 11.7 Å². The van der Waals surface area contributed by atoms with Gasteiger partial charge in [0.15, 0.2) is 6.10 Å². The van der Waals surface area contributed by atoms with E-state index in [1.165, 1.54) is 0 Å². The Labute approximate surface area is 96.6 Å². The Morgan fingerprint density at radius 3 is 2.56 bits per heavy atom. The fourth-order valence-electron chi connectivity index (χ4n) is 1.03. The minimum Gasteiger partial charge on any atom is -0.479 e. The van der Waals surface area contributed by atoms with Crippen LogP contribution in [0.3, 0.4) is 0 Å². The number of carboxylic acids is 1. The molecule has 0 saturated heterocycles. The third kappa shape index (κ3) is 2.34. The van der Waals surface area contributed by atoms with Crippen molar-refractivity contribution in [2.24, 2.45) is 0 Å². The molecule has 0 spiro atoms. The summed E-state index contributed by atoms with van der Waals surface area (Å²) in [6.45, 7) is 0. The van der Waals surface area contributed by atoms with E-state index in [0.717, 1.165) is 6.07 Å². The number of hydrogen-bond acceptors (Lipinski definition) is 4. The zero-order chi connectivity index (χ0) is 12.5. The van der Waals surface area contributed by atoms with Gasteiger partial charge in [-0.25, -0.2) is 9.18 Å². The second-order valence-electron chi connectivity index (χ2n) is 2.82. The third-order valence-corrected chi connectivity index (χ3v) is 2.43. The molecule has 86 valence electrons. The molecule has 8 heteroatoms. The number of nitro benzene ring substituents is 1. The van der Waals surface area contributed by atoms with Crippen LogP contribution in [0.2, 0.25) is 0 Å². The number of rotatable bonds is 3. The Morgan fingerprint density at radius 2 is 2.12 bits per heavy atom. The maximum atomic E-state index is 13.3. The number of nitrogens with zero attached hydrogens (tertiary/aromatic N) is 1. The molecule has 0 radical (unpaired) electrons. The van der Waals surface area contributed by atoms with Crippen molar-refractivity contribution in [3.05, 3.63) is 38.1 Å². The third-order valence-electron chi connectivity index (χ3n) is 1.79. The van der Waals surface area contributed by atoms with E-state index in [1.807, 2.05) is 0 Å². The van der Waals surface area contributed by atoms with Crippen molar-refractivity contribution in [3.8, 4) is 0 Å². The maximum Gasteiger partial charge on any atom is 0.337 e. The van der Waals surface area contributed by atoms with Gasteiger partial charge in [-0.05, 0) is 22.0 Å². The summed E-state index contributed by atoms with van der Waals surface area (Å²) in [5.41, 5.74) is -1.08. The molecule has 0 aromatic heterocycles. The Morgan fingerprint density at radius 1 is 1.56 bits per heavy atom. The highest BCUT2D eigenvalue weighted by Gasteiger charge is 2.24. The van der Waals surface area contributed by atoms with Gasteiger partial charge in [0, 0.05) is 5.56 Å². The predicted octanol–water partition coefficient (Wildman–Crippen LogP) is 1.61. The standard InChI is InChI=1S/C8H5BrFNO5/c9-4-1-3(7(12)8(13)14)5(10)2-6(4)11(15)16/h1-2,7,12H,(H,13,14). The van der Waals surface area contributed by atoms with Gasteiger partial charge in [0.25, 0.3) is 5.69 Å². The lowest BCUT2D eigenvalue weighted by atomic mass is 10.1. The zero-order valence-electron chi connectivity index (χ0n) is 7.55. The van der Waals surface area contributed by atoms with Crippen molar-refractivity contribution >= 4 is 27.6 Å². The molecule has 16 heavy (non-hydrogen) atoms. The fraction of sp³-hybridized carbons (Fsp3) is 0.125. The number of hydrogen-bond donors (Lipinski definition) is 2. The minimum atomic E-state index is -2.06. The van der Waals surface area contributed by atoms with Crippen LogP contribution in [0.15, 0.2) is 16.6 Å². The summed E-state index contributed by atoms with van der Waals surface area (Å²) in [7, 11) is 0. The SMILES string of the molecule is O=C(O)C(O)c1cc(Br)c([N+](=O)[O-])cc1F. The lowest BCUT2D eigenvalue weighted by molar-refractivity contribution is -0.385. The summed E-state index contributed by atoms with van der Waals surface area (Å²) in [6.07, 6.45) is -2.06. The number of aliphatic hydroxyl groups excluding tert-OH is 1. The molecular weight excluding hydrogens is 289 g/mol. The predicted molar refractivity (Wildman–Crippen MR) is 53.3 cm³/mol. The van der Waals surface area contributed by atoms with Gasteiger partial charge < -0.3 is 10.2 Å².